The molecule has 0 radical (unpaired) electrons. The van der Waals surface area contributed by atoms with Crippen LogP contribution in [-0.2, 0) is 14.3 Å². The number of hydrogen-bond donors (Lipinski definition) is 2. The molecule has 96 valence electrons. The lowest BCUT2D eigenvalue weighted by molar-refractivity contribution is -0.148. The van der Waals surface area contributed by atoms with E-state index in [1.165, 1.54) is 0 Å². The molecule has 17 heavy (non-hydrogen) atoms. The summed E-state index contributed by atoms with van der Waals surface area (Å²) in [6.45, 7) is 2.45. The second-order valence-corrected chi connectivity index (χ2v) is 4.37. The minimum absolute atomic E-state index is 0.0439. The maximum atomic E-state index is 12.2. The molecule has 2 aliphatic heterocycles. The summed E-state index contributed by atoms with van der Waals surface area (Å²) in [5.74, 6) is -0.166. The zero-order chi connectivity index (χ0) is 12.3. The molecular formula is C11H19N3O3. The number of ether oxygens (including phenoxy) is 1. The van der Waals surface area contributed by atoms with E-state index >= 15 is 0 Å². The lowest BCUT2D eigenvalue weighted by Gasteiger charge is -2.36. The summed E-state index contributed by atoms with van der Waals surface area (Å²) in [4.78, 5) is 25.6. The summed E-state index contributed by atoms with van der Waals surface area (Å²) in [7, 11) is 1.59. The van der Waals surface area contributed by atoms with E-state index in [-0.39, 0.29) is 17.9 Å². The molecule has 6 nitrogen and oxygen atoms in total. The average molecular weight is 241 g/mol. The molecule has 0 aliphatic carbocycles. The van der Waals surface area contributed by atoms with E-state index in [0.717, 1.165) is 19.4 Å². The smallest absolute Gasteiger partial charge is 0.252 e. The predicted molar refractivity (Wildman–Crippen MR) is 61.4 cm³/mol. The third-order valence-electron chi connectivity index (χ3n) is 3.28. The van der Waals surface area contributed by atoms with Crippen molar-refractivity contribution in [2.45, 2.75) is 25.0 Å². The van der Waals surface area contributed by atoms with Crippen molar-refractivity contribution >= 4 is 11.8 Å². The van der Waals surface area contributed by atoms with E-state index < -0.39 is 6.04 Å². The largest absolute Gasteiger partial charge is 0.368 e. The summed E-state index contributed by atoms with van der Waals surface area (Å²) in [5, 5.41) is 5.73. The van der Waals surface area contributed by atoms with Gasteiger partial charge in [-0.2, -0.15) is 0 Å². The van der Waals surface area contributed by atoms with Crippen molar-refractivity contribution in [3.05, 3.63) is 0 Å². The number of rotatable bonds is 2. The normalized spacial score (nSPS) is 29.1. The quantitative estimate of drug-likeness (QED) is 0.631. The molecule has 2 atom stereocenters. The molecular weight excluding hydrogens is 222 g/mol. The van der Waals surface area contributed by atoms with Gasteiger partial charge in [0.15, 0.2) is 0 Å². The maximum Gasteiger partial charge on any atom is 0.252 e. The van der Waals surface area contributed by atoms with Crippen molar-refractivity contribution in [3.63, 3.8) is 0 Å². The molecule has 0 spiro atoms. The van der Waals surface area contributed by atoms with Crippen LogP contribution in [0, 0.1) is 0 Å². The highest BCUT2D eigenvalue weighted by atomic mass is 16.5. The van der Waals surface area contributed by atoms with Crippen LogP contribution in [0.15, 0.2) is 0 Å². The van der Waals surface area contributed by atoms with Crippen LogP contribution in [0.25, 0.3) is 0 Å². The Balaban J connectivity index is 2.04. The molecule has 0 aromatic rings. The second kappa shape index (κ2) is 5.46. The molecule has 2 amide bonds. The Morgan fingerprint density at radius 1 is 1.47 bits per heavy atom. The molecule has 2 N–H and O–H groups in total. The molecule has 2 aliphatic rings. The molecule has 2 heterocycles. The highest BCUT2D eigenvalue weighted by molar-refractivity contribution is 5.89. The number of likely N-dealkylation sites (N-methyl/N-ethyl adjacent to an activating group) is 1. The van der Waals surface area contributed by atoms with Crippen LogP contribution in [0.5, 0.6) is 0 Å². The van der Waals surface area contributed by atoms with Gasteiger partial charge in [-0.15, -0.1) is 0 Å². The summed E-state index contributed by atoms with van der Waals surface area (Å²) in [6, 6.07) is -0.412. The Kier molecular flexibility index (Phi) is 3.96. The highest BCUT2D eigenvalue weighted by Gasteiger charge is 2.36. The number of carbonyl (C=O) groups excluding carboxylic acids is 2. The minimum atomic E-state index is -0.412. The first kappa shape index (κ1) is 12.3. The fourth-order valence-corrected chi connectivity index (χ4v) is 2.33. The molecule has 0 saturated carbocycles. The van der Waals surface area contributed by atoms with E-state index in [1.807, 2.05) is 0 Å². The van der Waals surface area contributed by atoms with E-state index in [9.17, 15) is 9.59 Å². The number of carbonyl (C=O) groups is 2. The van der Waals surface area contributed by atoms with Gasteiger partial charge in [0.05, 0.1) is 0 Å². The van der Waals surface area contributed by atoms with Crippen LogP contribution in [0.1, 0.15) is 12.8 Å². The standard InChI is InChI=1S/C11H19N3O3/c1-12-10(15)8-7-13-4-5-14(8)11(16)9-3-2-6-17-9/h8-9,13H,2-7H2,1H3,(H,12,15). The molecule has 0 aromatic carbocycles. The summed E-state index contributed by atoms with van der Waals surface area (Å²) in [6.07, 6.45) is 1.34. The Morgan fingerprint density at radius 2 is 2.29 bits per heavy atom. The third-order valence-corrected chi connectivity index (χ3v) is 3.28. The van der Waals surface area contributed by atoms with Crippen LogP contribution in [0.4, 0.5) is 0 Å². The van der Waals surface area contributed by atoms with E-state index in [2.05, 4.69) is 10.6 Å². The minimum Gasteiger partial charge on any atom is -0.368 e. The average Bonchev–Trinajstić information content (AvgIpc) is 2.91. The van der Waals surface area contributed by atoms with Gasteiger partial charge in [0, 0.05) is 33.3 Å². The van der Waals surface area contributed by atoms with Crippen LogP contribution in [0.3, 0.4) is 0 Å². The van der Waals surface area contributed by atoms with Gasteiger partial charge in [0.25, 0.3) is 5.91 Å². The zero-order valence-electron chi connectivity index (χ0n) is 10.1. The summed E-state index contributed by atoms with van der Waals surface area (Å²) in [5.41, 5.74) is 0. The predicted octanol–water partition coefficient (Wildman–Crippen LogP) is -1.29. The Bertz CT molecular complexity index is 302. The van der Waals surface area contributed by atoms with Gasteiger partial charge in [-0.3, -0.25) is 9.59 Å². The van der Waals surface area contributed by atoms with E-state index in [0.29, 0.717) is 19.7 Å². The van der Waals surface area contributed by atoms with Gasteiger partial charge >= 0.3 is 0 Å². The van der Waals surface area contributed by atoms with Crippen LogP contribution in [0.2, 0.25) is 0 Å². The first-order chi connectivity index (χ1) is 8.24. The van der Waals surface area contributed by atoms with Crippen molar-refractivity contribution < 1.29 is 14.3 Å². The molecule has 2 fully saturated rings. The first-order valence-electron chi connectivity index (χ1n) is 6.08. The van der Waals surface area contributed by atoms with Crippen molar-refractivity contribution in [1.82, 2.24) is 15.5 Å². The fourth-order valence-electron chi connectivity index (χ4n) is 2.33. The zero-order valence-corrected chi connectivity index (χ0v) is 10.1. The lowest BCUT2D eigenvalue weighted by Crippen LogP contribution is -2.60. The van der Waals surface area contributed by atoms with Crippen LogP contribution >= 0.6 is 0 Å². The van der Waals surface area contributed by atoms with Gasteiger partial charge in [0.2, 0.25) is 5.91 Å². The topological polar surface area (TPSA) is 70.7 Å². The van der Waals surface area contributed by atoms with Gasteiger partial charge in [0.1, 0.15) is 12.1 Å². The molecule has 0 aromatic heterocycles. The van der Waals surface area contributed by atoms with Crippen LogP contribution < -0.4 is 10.6 Å². The number of hydrogen-bond acceptors (Lipinski definition) is 4. The highest BCUT2D eigenvalue weighted by Crippen LogP contribution is 2.17. The molecule has 2 unspecified atom stereocenters. The molecule has 2 saturated heterocycles. The van der Waals surface area contributed by atoms with Gasteiger partial charge in [-0.05, 0) is 12.8 Å². The number of amides is 2. The maximum absolute atomic E-state index is 12.2. The first-order valence-corrected chi connectivity index (χ1v) is 6.08. The summed E-state index contributed by atoms with van der Waals surface area (Å²) >= 11 is 0. The second-order valence-electron chi connectivity index (χ2n) is 4.37. The van der Waals surface area contributed by atoms with E-state index in [1.54, 1.807) is 11.9 Å². The summed E-state index contributed by atoms with van der Waals surface area (Å²) < 4.78 is 5.39. The lowest BCUT2D eigenvalue weighted by atomic mass is 10.1. The SMILES string of the molecule is CNC(=O)C1CNCCN1C(=O)C1CCCO1. The van der Waals surface area contributed by atoms with E-state index in [4.69, 9.17) is 4.74 Å². The monoisotopic (exact) mass is 241 g/mol. The van der Waals surface area contributed by atoms with Crippen molar-refractivity contribution in [2.24, 2.45) is 0 Å². The van der Waals surface area contributed by atoms with Crippen LogP contribution in [-0.4, -0.2) is 62.1 Å². The van der Waals surface area contributed by atoms with Gasteiger partial charge < -0.3 is 20.3 Å². The van der Waals surface area contributed by atoms with Crippen molar-refractivity contribution in [3.8, 4) is 0 Å². The van der Waals surface area contributed by atoms with Gasteiger partial charge in [-0.1, -0.05) is 0 Å². The molecule has 6 heteroatoms. The van der Waals surface area contributed by atoms with Crippen molar-refractivity contribution in [1.29, 1.82) is 0 Å². The van der Waals surface area contributed by atoms with Gasteiger partial charge in [-0.25, -0.2) is 0 Å². The molecule has 0 bridgehead atoms. The number of nitrogens with one attached hydrogen (secondary N) is 2. The number of nitrogens with zero attached hydrogens (tertiary/aromatic N) is 1. The Hall–Kier alpha value is -1.14. The Labute approximate surface area is 101 Å². The Morgan fingerprint density at radius 3 is 2.94 bits per heavy atom. The number of piperazine rings is 1. The molecule has 2 rings (SSSR count). The third kappa shape index (κ3) is 2.58. The van der Waals surface area contributed by atoms with Crippen molar-refractivity contribution in [2.75, 3.05) is 33.3 Å². The fraction of sp³-hybridized carbons (Fsp3) is 0.818.